The molecule has 0 N–H and O–H groups in total. The third-order valence-electron chi connectivity index (χ3n) is 2.43. The van der Waals surface area contributed by atoms with Crippen molar-refractivity contribution in [3.8, 4) is 0 Å². The molecule has 2 aromatic rings. The van der Waals surface area contributed by atoms with Gasteiger partial charge in [-0.1, -0.05) is 30.3 Å². The lowest BCUT2D eigenvalue weighted by Crippen LogP contribution is -2.16. The molecule has 1 heterocycles. The van der Waals surface area contributed by atoms with Gasteiger partial charge in [0.05, 0.1) is 11.8 Å². The molecule has 0 fully saturated rings. The topological polar surface area (TPSA) is 39.4 Å². The van der Waals surface area contributed by atoms with Crippen LogP contribution in [0.4, 0.5) is 0 Å². The first kappa shape index (κ1) is 11.5. The van der Waals surface area contributed by atoms with Gasteiger partial charge in [0.25, 0.3) is 0 Å². The lowest BCUT2D eigenvalue weighted by molar-refractivity contribution is 0.0342. The summed E-state index contributed by atoms with van der Waals surface area (Å²) in [6.07, 6.45) is 3.40. The van der Waals surface area contributed by atoms with Crippen LogP contribution >= 0.6 is 0 Å². The van der Waals surface area contributed by atoms with Gasteiger partial charge < -0.3 is 9.15 Å². The third kappa shape index (κ3) is 3.21. The van der Waals surface area contributed by atoms with Crippen LogP contribution in [0.15, 0.2) is 53.3 Å². The zero-order chi connectivity index (χ0) is 12.1. The minimum absolute atomic E-state index is 0.153. The van der Waals surface area contributed by atoms with Crippen LogP contribution in [0.5, 0.6) is 0 Å². The van der Waals surface area contributed by atoms with Crippen LogP contribution in [0, 0.1) is 0 Å². The quantitative estimate of drug-likeness (QED) is 0.758. The molecule has 1 aromatic carbocycles. The van der Waals surface area contributed by atoms with Crippen molar-refractivity contribution in [2.24, 2.45) is 0 Å². The first-order chi connectivity index (χ1) is 8.25. The van der Waals surface area contributed by atoms with Gasteiger partial charge in [-0.3, -0.25) is 0 Å². The van der Waals surface area contributed by atoms with Gasteiger partial charge in [0.2, 0.25) is 0 Å². The number of carbonyl (C=O) groups excluding carboxylic acids is 1. The number of esters is 1. The predicted molar refractivity (Wildman–Crippen MR) is 63.7 cm³/mol. The second-order valence-electron chi connectivity index (χ2n) is 3.92. The fourth-order valence-corrected chi connectivity index (χ4v) is 1.62. The first-order valence-electron chi connectivity index (χ1n) is 5.53. The van der Waals surface area contributed by atoms with Crippen molar-refractivity contribution in [2.45, 2.75) is 19.4 Å². The minimum atomic E-state index is -0.345. The van der Waals surface area contributed by atoms with Crippen LogP contribution in [-0.4, -0.2) is 12.1 Å². The lowest BCUT2D eigenvalue weighted by Gasteiger charge is -2.12. The highest BCUT2D eigenvalue weighted by atomic mass is 16.5. The van der Waals surface area contributed by atoms with Crippen molar-refractivity contribution in [1.82, 2.24) is 0 Å². The molecule has 0 saturated heterocycles. The molecule has 17 heavy (non-hydrogen) atoms. The van der Waals surface area contributed by atoms with Gasteiger partial charge in [-0.05, 0) is 18.6 Å². The largest absolute Gasteiger partial charge is 0.472 e. The molecule has 1 unspecified atom stereocenters. The average molecular weight is 230 g/mol. The van der Waals surface area contributed by atoms with Crippen LogP contribution < -0.4 is 0 Å². The van der Waals surface area contributed by atoms with Crippen molar-refractivity contribution >= 4 is 5.97 Å². The molecule has 3 heteroatoms. The summed E-state index contributed by atoms with van der Waals surface area (Å²) in [7, 11) is 0. The molecule has 0 saturated carbocycles. The Morgan fingerprint density at radius 1 is 1.29 bits per heavy atom. The van der Waals surface area contributed by atoms with E-state index in [1.807, 2.05) is 37.3 Å². The Hall–Kier alpha value is -2.03. The standard InChI is InChI=1S/C14H14O3/c1-11(9-12-5-3-2-4-6-12)17-14(15)13-7-8-16-10-13/h2-8,10-11H,9H2,1H3. The van der Waals surface area contributed by atoms with Gasteiger partial charge in [-0.25, -0.2) is 4.79 Å². The highest BCUT2D eigenvalue weighted by molar-refractivity contribution is 5.88. The molecule has 0 aliphatic rings. The maximum atomic E-state index is 11.6. The Balaban J connectivity index is 1.90. The van der Waals surface area contributed by atoms with Crippen molar-refractivity contribution in [3.05, 3.63) is 60.1 Å². The molecule has 0 amide bonds. The zero-order valence-electron chi connectivity index (χ0n) is 9.63. The van der Waals surface area contributed by atoms with Gasteiger partial charge in [0.1, 0.15) is 12.4 Å². The van der Waals surface area contributed by atoms with Crippen molar-refractivity contribution in [3.63, 3.8) is 0 Å². The molecule has 0 aliphatic carbocycles. The molecule has 1 aromatic heterocycles. The fourth-order valence-electron chi connectivity index (χ4n) is 1.62. The molecule has 2 rings (SSSR count). The predicted octanol–water partition coefficient (Wildman–Crippen LogP) is 3.07. The SMILES string of the molecule is CC(Cc1ccccc1)OC(=O)c1ccoc1. The van der Waals surface area contributed by atoms with E-state index in [4.69, 9.17) is 9.15 Å². The normalized spacial score (nSPS) is 12.1. The number of furan rings is 1. The van der Waals surface area contributed by atoms with E-state index < -0.39 is 0 Å². The summed E-state index contributed by atoms with van der Waals surface area (Å²) in [4.78, 5) is 11.6. The summed E-state index contributed by atoms with van der Waals surface area (Å²) in [5, 5.41) is 0. The molecule has 88 valence electrons. The van der Waals surface area contributed by atoms with Gasteiger partial charge in [0.15, 0.2) is 0 Å². The number of hydrogen-bond acceptors (Lipinski definition) is 3. The number of benzene rings is 1. The Morgan fingerprint density at radius 2 is 2.06 bits per heavy atom. The molecule has 0 radical (unpaired) electrons. The summed E-state index contributed by atoms with van der Waals surface area (Å²) in [5.41, 5.74) is 1.60. The molecule has 3 nitrogen and oxygen atoms in total. The monoisotopic (exact) mass is 230 g/mol. The zero-order valence-corrected chi connectivity index (χ0v) is 9.63. The summed E-state index contributed by atoms with van der Waals surface area (Å²) in [5.74, 6) is -0.345. The van der Waals surface area contributed by atoms with Crippen LogP contribution in [0.1, 0.15) is 22.8 Å². The van der Waals surface area contributed by atoms with Gasteiger partial charge in [-0.2, -0.15) is 0 Å². The van der Waals surface area contributed by atoms with E-state index in [0.29, 0.717) is 12.0 Å². The second-order valence-corrected chi connectivity index (χ2v) is 3.92. The van der Waals surface area contributed by atoms with Crippen LogP contribution in [0.3, 0.4) is 0 Å². The third-order valence-corrected chi connectivity index (χ3v) is 2.43. The van der Waals surface area contributed by atoms with Gasteiger partial charge >= 0.3 is 5.97 Å². The van der Waals surface area contributed by atoms with E-state index in [2.05, 4.69) is 0 Å². The summed E-state index contributed by atoms with van der Waals surface area (Å²) in [6, 6.07) is 11.5. The van der Waals surface area contributed by atoms with Gasteiger partial charge in [-0.15, -0.1) is 0 Å². The van der Waals surface area contributed by atoms with E-state index in [9.17, 15) is 4.79 Å². The van der Waals surface area contributed by atoms with Crippen LogP contribution in [-0.2, 0) is 11.2 Å². The smallest absolute Gasteiger partial charge is 0.341 e. The number of ether oxygens (including phenoxy) is 1. The highest BCUT2D eigenvalue weighted by Gasteiger charge is 2.13. The van der Waals surface area contributed by atoms with E-state index in [-0.39, 0.29) is 12.1 Å². The number of hydrogen-bond donors (Lipinski definition) is 0. The molecular weight excluding hydrogens is 216 g/mol. The van der Waals surface area contributed by atoms with E-state index >= 15 is 0 Å². The Kier molecular flexibility index (Phi) is 3.60. The van der Waals surface area contributed by atoms with E-state index in [1.54, 1.807) is 6.07 Å². The Bertz CT molecular complexity index is 459. The summed E-state index contributed by atoms with van der Waals surface area (Å²) >= 11 is 0. The fraction of sp³-hybridized carbons (Fsp3) is 0.214. The molecule has 1 atom stereocenters. The Morgan fingerprint density at radius 3 is 2.71 bits per heavy atom. The number of rotatable bonds is 4. The van der Waals surface area contributed by atoms with Crippen LogP contribution in [0.2, 0.25) is 0 Å². The minimum Gasteiger partial charge on any atom is -0.472 e. The van der Waals surface area contributed by atoms with E-state index in [0.717, 1.165) is 5.56 Å². The van der Waals surface area contributed by atoms with Crippen molar-refractivity contribution in [1.29, 1.82) is 0 Å². The second kappa shape index (κ2) is 5.34. The molecule has 0 aliphatic heterocycles. The molecular formula is C14H14O3. The van der Waals surface area contributed by atoms with Gasteiger partial charge in [0, 0.05) is 6.42 Å². The van der Waals surface area contributed by atoms with Crippen molar-refractivity contribution in [2.75, 3.05) is 0 Å². The number of carbonyl (C=O) groups is 1. The average Bonchev–Trinajstić information content (AvgIpc) is 2.83. The summed E-state index contributed by atoms with van der Waals surface area (Å²) < 4.78 is 10.1. The maximum Gasteiger partial charge on any atom is 0.341 e. The molecule has 0 spiro atoms. The van der Waals surface area contributed by atoms with Crippen molar-refractivity contribution < 1.29 is 13.9 Å². The Labute approximate surface area is 100 Å². The van der Waals surface area contributed by atoms with E-state index in [1.165, 1.54) is 12.5 Å². The molecule has 0 bridgehead atoms. The lowest BCUT2D eigenvalue weighted by atomic mass is 10.1. The maximum absolute atomic E-state index is 11.6. The first-order valence-corrected chi connectivity index (χ1v) is 5.53. The highest BCUT2D eigenvalue weighted by Crippen LogP contribution is 2.09. The van der Waals surface area contributed by atoms with Crippen LogP contribution in [0.25, 0.3) is 0 Å². The summed E-state index contributed by atoms with van der Waals surface area (Å²) in [6.45, 7) is 1.88.